The summed E-state index contributed by atoms with van der Waals surface area (Å²) in [6.45, 7) is 3.19. The van der Waals surface area contributed by atoms with Crippen LogP contribution in [0.25, 0.3) is 0 Å². The molecule has 1 saturated heterocycles. The number of hydrazone groups is 1. The van der Waals surface area contributed by atoms with Gasteiger partial charge in [0, 0.05) is 48.5 Å². The Balaban J connectivity index is 1.50. The van der Waals surface area contributed by atoms with E-state index in [4.69, 9.17) is 30.9 Å². The molecule has 8 nitrogen and oxygen atoms in total. The third-order valence-electron chi connectivity index (χ3n) is 6.54. The van der Waals surface area contributed by atoms with Crippen LogP contribution in [0.15, 0.2) is 41.5 Å². The molecular weight excluding hydrogens is 446 g/mol. The van der Waals surface area contributed by atoms with Gasteiger partial charge in [-0.2, -0.15) is 5.10 Å². The summed E-state index contributed by atoms with van der Waals surface area (Å²) in [4.78, 5) is 14.0. The predicted molar refractivity (Wildman–Crippen MR) is 123 cm³/mol. The number of ether oxygens (including phenoxy) is 3. The van der Waals surface area contributed by atoms with Crippen LogP contribution in [0.1, 0.15) is 43.4 Å². The Labute approximate surface area is 197 Å². The lowest BCUT2D eigenvalue weighted by molar-refractivity contribution is -0.147. The summed E-state index contributed by atoms with van der Waals surface area (Å²) in [6.07, 6.45) is 1.56. The quantitative estimate of drug-likeness (QED) is 0.707. The molecule has 1 atom stereocenters. The van der Waals surface area contributed by atoms with Crippen molar-refractivity contribution in [3.63, 3.8) is 0 Å². The second kappa shape index (κ2) is 8.33. The summed E-state index contributed by atoms with van der Waals surface area (Å²) >= 11 is 6.32. The lowest BCUT2D eigenvalue weighted by Crippen LogP contribution is -2.59. The number of rotatable bonds is 3. The van der Waals surface area contributed by atoms with E-state index in [1.165, 1.54) is 7.11 Å². The standard InChI is InChI=1S/C24H26ClN3O5/c1-3-32-23(30)27-10-8-24(9-11-27)28-19(17-13-16(25)5-7-21(17)33-24)14-18(26-28)15-4-6-20(29)22(12-15)31-2/h4-7,12-13,19,29H,3,8-11,14H2,1-2H3. The highest BCUT2D eigenvalue weighted by Crippen LogP contribution is 2.50. The Kier molecular flexibility index (Phi) is 5.48. The van der Waals surface area contributed by atoms with E-state index in [1.54, 1.807) is 24.0 Å². The van der Waals surface area contributed by atoms with E-state index in [1.807, 2.05) is 29.3 Å². The van der Waals surface area contributed by atoms with Gasteiger partial charge < -0.3 is 24.2 Å². The number of carbonyl (C=O) groups excluding carboxylic acids is 1. The maximum atomic E-state index is 12.2. The van der Waals surface area contributed by atoms with Crippen molar-refractivity contribution < 1.29 is 24.1 Å². The van der Waals surface area contributed by atoms with Gasteiger partial charge in [0.05, 0.1) is 25.5 Å². The van der Waals surface area contributed by atoms with Gasteiger partial charge in [0.1, 0.15) is 5.75 Å². The number of piperidine rings is 1. The average Bonchev–Trinajstić information content (AvgIpc) is 3.28. The van der Waals surface area contributed by atoms with Gasteiger partial charge in [0.2, 0.25) is 5.72 Å². The fourth-order valence-corrected chi connectivity index (χ4v) is 5.05. The van der Waals surface area contributed by atoms with Gasteiger partial charge in [-0.25, -0.2) is 9.80 Å². The van der Waals surface area contributed by atoms with Crippen LogP contribution in [-0.2, 0) is 4.74 Å². The second-order valence-electron chi connectivity index (χ2n) is 8.41. The number of halogens is 1. The first-order valence-electron chi connectivity index (χ1n) is 11.1. The Bertz CT molecular complexity index is 1110. The number of nitrogens with zero attached hydrogens (tertiary/aromatic N) is 3. The highest BCUT2D eigenvalue weighted by molar-refractivity contribution is 6.30. The molecule has 1 fully saturated rings. The molecule has 0 radical (unpaired) electrons. The highest BCUT2D eigenvalue weighted by Gasteiger charge is 2.52. The third kappa shape index (κ3) is 3.72. The summed E-state index contributed by atoms with van der Waals surface area (Å²) in [5.41, 5.74) is 2.08. The van der Waals surface area contributed by atoms with Gasteiger partial charge in [-0.15, -0.1) is 0 Å². The molecule has 0 aliphatic carbocycles. The Morgan fingerprint density at radius 2 is 2.06 bits per heavy atom. The number of carbonyl (C=O) groups is 1. The van der Waals surface area contributed by atoms with E-state index in [0.29, 0.717) is 49.7 Å². The lowest BCUT2D eigenvalue weighted by atomic mass is 9.90. The smallest absolute Gasteiger partial charge is 0.409 e. The fourth-order valence-electron chi connectivity index (χ4n) is 4.87. The number of hydrogen-bond donors (Lipinski definition) is 1. The minimum atomic E-state index is -0.669. The van der Waals surface area contributed by atoms with Gasteiger partial charge >= 0.3 is 6.09 Å². The topological polar surface area (TPSA) is 83.8 Å². The molecule has 2 aromatic rings. The molecule has 3 aliphatic rings. The number of methoxy groups -OCH3 is 1. The van der Waals surface area contributed by atoms with Gasteiger partial charge in [-0.05, 0) is 43.3 Å². The highest BCUT2D eigenvalue weighted by atomic mass is 35.5. The van der Waals surface area contributed by atoms with E-state index < -0.39 is 5.72 Å². The number of aromatic hydroxyl groups is 1. The number of fused-ring (bicyclic) bond motifs is 4. The van der Waals surface area contributed by atoms with Crippen LogP contribution in [0, 0.1) is 0 Å². The van der Waals surface area contributed by atoms with Crippen molar-refractivity contribution in [3.8, 4) is 17.2 Å². The monoisotopic (exact) mass is 471 g/mol. The van der Waals surface area contributed by atoms with Crippen molar-refractivity contribution in [3.05, 3.63) is 52.5 Å². The molecule has 3 heterocycles. The van der Waals surface area contributed by atoms with E-state index in [0.717, 1.165) is 22.6 Å². The van der Waals surface area contributed by atoms with Crippen molar-refractivity contribution >= 4 is 23.4 Å². The fraction of sp³-hybridized carbons (Fsp3) is 0.417. The number of benzene rings is 2. The van der Waals surface area contributed by atoms with Crippen molar-refractivity contribution in [1.29, 1.82) is 0 Å². The van der Waals surface area contributed by atoms with E-state index in [-0.39, 0.29) is 17.9 Å². The summed E-state index contributed by atoms with van der Waals surface area (Å²) in [5.74, 6) is 1.28. The molecular formula is C24H26ClN3O5. The van der Waals surface area contributed by atoms with Crippen LogP contribution in [0.3, 0.4) is 0 Å². The van der Waals surface area contributed by atoms with Crippen LogP contribution in [0.2, 0.25) is 5.02 Å². The largest absolute Gasteiger partial charge is 0.504 e. The Hall–Kier alpha value is -3.13. The molecule has 1 amide bonds. The predicted octanol–water partition coefficient (Wildman–Crippen LogP) is 4.55. The van der Waals surface area contributed by atoms with Crippen molar-refractivity contribution in [2.75, 3.05) is 26.8 Å². The van der Waals surface area contributed by atoms with Crippen LogP contribution >= 0.6 is 11.6 Å². The zero-order valence-electron chi connectivity index (χ0n) is 18.6. The van der Waals surface area contributed by atoms with Gasteiger partial charge in [0.25, 0.3) is 0 Å². The first kappa shape index (κ1) is 21.7. The molecule has 9 heteroatoms. The number of likely N-dealkylation sites (tertiary alicyclic amines) is 1. The normalized spacial score (nSPS) is 20.6. The molecule has 0 bridgehead atoms. The van der Waals surface area contributed by atoms with E-state index in [2.05, 4.69) is 0 Å². The summed E-state index contributed by atoms with van der Waals surface area (Å²) < 4.78 is 17.0. The molecule has 2 aromatic carbocycles. The number of amides is 1. The molecule has 0 saturated carbocycles. The van der Waals surface area contributed by atoms with E-state index >= 15 is 0 Å². The van der Waals surface area contributed by atoms with Crippen molar-refractivity contribution in [1.82, 2.24) is 9.91 Å². The van der Waals surface area contributed by atoms with Crippen LogP contribution in [0.5, 0.6) is 17.2 Å². The molecule has 5 rings (SSSR count). The van der Waals surface area contributed by atoms with E-state index in [9.17, 15) is 9.90 Å². The molecule has 1 unspecified atom stereocenters. The minimum Gasteiger partial charge on any atom is -0.504 e. The molecule has 3 aliphatic heterocycles. The average molecular weight is 472 g/mol. The second-order valence-corrected chi connectivity index (χ2v) is 8.85. The molecule has 33 heavy (non-hydrogen) atoms. The zero-order valence-corrected chi connectivity index (χ0v) is 19.3. The lowest BCUT2D eigenvalue weighted by Gasteiger charge is -2.51. The summed E-state index contributed by atoms with van der Waals surface area (Å²) in [5, 5.41) is 17.7. The molecule has 1 N–H and O–H groups in total. The maximum absolute atomic E-state index is 12.2. The summed E-state index contributed by atoms with van der Waals surface area (Å²) in [7, 11) is 1.52. The molecule has 1 spiro atoms. The first-order chi connectivity index (χ1) is 15.9. The van der Waals surface area contributed by atoms with Crippen molar-refractivity contribution in [2.24, 2.45) is 5.10 Å². The summed E-state index contributed by atoms with van der Waals surface area (Å²) in [6, 6.07) is 10.9. The van der Waals surface area contributed by atoms with Gasteiger partial charge in [-0.3, -0.25) is 0 Å². The van der Waals surface area contributed by atoms with Crippen LogP contribution in [-0.4, -0.2) is 59.4 Å². The zero-order chi connectivity index (χ0) is 23.2. The van der Waals surface area contributed by atoms with Crippen molar-refractivity contribution in [2.45, 2.75) is 38.0 Å². The maximum Gasteiger partial charge on any atom is 0.409 e. The van der Waals surface area contributed by atoms with Crippen LogP contribution < -0.4 is 9.47 Å². The number of phenolic OH excluding ortho intramolecular Hbond substituents is 1. The number of hydrogen-bond acceptors (Lipinski definition) is 7. The first-order valence-corrected chi connectivity index (χ1v) is 11.5. The SMILES string of the molecule is CCOC(=O)N1CCC2(CC1)Oc1ccc(Cl)cc1C1CC(c3ccc(O)c(OC)c3)=NN12. The Morgan fingerprint density at radius 3 is 2.79 bits per heavy atom. The molecule has 174 valence electrons. The third-order valence-corrected chi connectivity index (χ3v) is 6.78. The minimum absolute atomic E-state index is 0.0450. The van der Waals surface area contributed by atoms with Gasteiger partial charge in [0.15, 0.2) is 11.5 Å². The Morgan fingerprint density at radius 1 is 1.27 bits per heavy atom. The molecule has 0 aromatic heterocycles. The van der Waals surface area contributed by atoms with Gasteiger partial charge in [-0.1, -0.05) is 11.6 Å². The number of phenols is 1. The van der Waals surface area contributed by atoms with Crippen LogP contribution in [0.4, 0.5) is 4.79 Å².